The number of hydrogen-bond acceptors (Lipinski definition) is 1. The molecule has 4 aromatic rings. The minimum atomic E-state index is -0.354. The van der Waals surface area contributed by atoms with Gasteiger partial charge in [0.05, 0.1) is 5.41 Å². The Morgan fingerprint density at radius 2 is 0.893 bits per heavy atom. The van der Waals surface area contributed by atoms with Gasteiger partial charge < -0.3 is 5.32 Å². The molecular weight excluding hydrogens is 338 g/mol. The molecule has 0 atom stereocenters. The van der Waals surface area contributed by atoms with Crippen molar-refractivity contribution in [1.82, 2.24) is 0 Å². The topological polar surface area (TPSA) is 12.0 Å². The van der Waals surface area contributed by atoms with E-state index in [1.54, 1.807) is 0 Å². The summed E-state index contributed by atoms with van der Waals surface area (Å²) in [6.07, 6.45) is 0. The minimum absolute atomic E-state index is 0.354. The zero-order valence-electron chi connectivity index (χ0n) is 15.4. The summed E-state index contributed by atoms with van der Waals surface area (Å²) in [6, 6.07) is 34.9. The Hall–Kier alpha value is -3.58. The largest absolute Gasteiger partial charge is 0.355 e. The maximum absolute atomic E-state index is 4.47. The average Bonchev–Trinajstić information content (AvgIpc) is 2.77. The summed E-state index contributed by atoms with van der Waals surface area (Å²) in [5.41, 5.74) is 10.7. The van der Waals surface area contributed by atoms with Crippen molar-refractivity contribution in [2.24, 2.45) is 0 Å². The second-order valence-electron chi connectivity index (χ2n) is 7.54. The van der Waals surface area contributed by atoms with Gasteiger partial charge in [-0.3, -0.25) is 0 Å². The molecule has 1 heterocycles. The summed E-state index contributed by atoms with van der Waals surface area (Å²) in [4.78, 5) is 0. The van der Waals surface area contributed by atoms with Crippen molar-refractivity contribution in [3.05, 3.63) is 137 Å². The van der Waals surface area contributed by atoms with Crippen LogP contribution in [0.4, 0.5) is 11.4 Å². The Balaban J connectivity index is 1.88. The van der Waals surface area contributed by atoms with Crippen LogP contribution >= 0.6 is 0 Å². The number of anilines is 2. The first-order chi connectivity index (χ1) is 13.8. The number of benzene rings is 4. The molecule has 0 saturated carbocycles. The molecule has 132 valence electrons. The zero-order valence-corrected chi connectivity index (χ0v) is 15.4. The number of nitrogens with one attached hydrogen (secondary N) is 1. The smallest absolute Gasteiger partial charge is 0.0753 e. The van der Waals surface area contributed by atoms with E-state index in [2.05, 4.69) is 109 Å². The van der Waals surface area contributed by atoms with E-state index in [9.17, 15) is 0 Å². The predicted molar refractivity (Wildman–Crippen MR) is 116 cm³/mol. The fourth-order valence-corrected chi connectivity index (χ4v) is 5.15. The Morgan fingerprint density at radius 1 is 0.500 bits per heavy atom. The molecule has 0 fully saturated rings. The monoisotopic (exact) mass is 357 g/mol. The van der Waals surface area contributed by atoms with Crippen LogP contribution in [0.2, 0.25) is 0 Å². The molecule has 0 amide bonds. The molecule has 0 radical (unpaired) electrons. The molecule has 2 aliphatic rings. The van der Waals surface area contributed by atoms with E-state index in [4.69, 9.17) is 0 Å². The van der Waals surface area contributed by atoms with Crippen molar-refractivity contribution in [1.29, 1.82) is 0 Å². The second kappa shape index (κ2) is 5.46. The molecule has 1 heteroatoms. The van der Waals surface area contributed by atoms with E-state index in [0.717, 1.165) is 5.57 Å². The van der Waals surface area contributed by atoms with Crippen LogP contribution in [0.15, 0.2) is 104 Å². The Morgan fingerprint density at radius 3 is 1.39 bits per heavy atom. The minimum Gasteiger partial charge on any atom is -0.355 e. The lowest BCUT2D eigenvalue weighted by atomic mass is 9.57. The highest BCUT2D eigenvalue weighted by Crippen LogP contribution is 2.58. The lowest BCUT2D eigenvalue weighted by Crippen LogP contribution is -2.38. The van der Waals surface area contributed by atoms with Gasteiger partial charge in [-0.2, -0.15) is 0 Å². The molecule has 4 aromatic carbocycles. The van der Waals surface area contributed by atoms with Crippen LogP contribution in [0, 0.1) is 0 Å². The number of rotatable bonds is 0. The lowest BCUT2D eigenvalue weighted by molar-refractivity contribution is 0.727. The predicted octanol–water partition coefficient (Wildman–Crippen LogP) is 6.50. The first-order valence-corrected chi connectivity index (χ1v) is 9.66. The summed E-state index contributed by atoms with van der Waals surface area (Å²) < 4.78 is 0. The molecule has 6 rings (SSSR count). The zero-order chi connectivity index (χ0) is 18.7. The first kappa shape index (κ1) is 15.5. The molecule has 0 saturated heterocycles. The summed E-state index contributed by atoms with van der Waals surface area (Å²) in [5, 5.41) is 3.66. The lowest BCUT2D eigenvalue weighted by Gasteiger charge is -2.46. The van der Waals surface area contributed by atoms with Crippen LogP contribution in [0.1, 0.15) is 33.4 Å². The highest BCUT2D eigenvalue weighted by Gasteiger charge is 2.48. The van der Waals surface area contributed by atoms with Crippen molar-refractivity contribution in [3.8, 4) is 0 Å². The molecule has 28 heavy (non-hydrogen) atoms. The summed E-state index contributed by atoms with van der Waals surface area (Å²) in [6.45, 7) is 4.47. The maximum Gasteiger partial charge on any atom is 0.0753 e. The quantitative estimate of drug-likeness (QED) is 0.327. The SMILES string of the molecule is C=C1c2ccccc2C2(c3ccccc3Nc3ccccc32)c2ccccc21. The van der Waals surface area contributed by atoms with Crippen molar-refractivity contribution in [2.45, 2.75) is 5.41 Å². The van der Waals surface area contributed by atoms with Gasteiger partial charge in [-0.1, -0.05) is 91.5 Å². The van der Waals surface area contributed by atoms with E-state index >= 15 is 0 Å². The summed E-state index contributed by atoms with van der Waals surface area (Å²) in [7, 11) is 0. The first-order valence-electron chi connectivity index (χ1n) is 9.66. The van der Waals surface area contributed by atoms with Crippen LogP contribution in [0.3, 0.4) is 0 Å². The highest BCUT2D eigenvalue weighted by atomic mass is 14.9. The number of hydrogen-bond donors (Lipinski definition) is 1. The van der Waals surface area contributed by atoms with Crippen LogP contribution < -0.4 is 5.32 Å². The van der Waals surface area contributed by atoms with Gasteiger partial charge in [0.2, 0.25) is 0 Å². The van der Waals surface area contributed by atoms with E-state index in [1.165, 1.54) is 44.8 Å². The van der Waals surface area contributed by atoms with Crippen molar-refractivity contribution in [2.75, 3.05) is 5.32 Å². The van der Waals surface area contributed by atoms with Gasteiger partial charge in [-0.25, -0.2) is 0 Å². The van der Waals surface area contributed by atoms with E-state index in [0.29, 0.717) is 0 Å². The fourth-order valence-electron chi connectivity index (χ4n) is 5.15. The molecule has 0 bridgehead atoms. The Kier molecular flexibility index (Phi) is 3.02. The average molecular weight is 357 g/mol. The molecule has 1 spiro atoms. The standard InChI is InChI=1S/C27H19N/c1-18-19-10-2-4-12-21(19)27(22-13-5-3-11-20(18)22)23-14-6-8-16-25(23)28-26-17-9-7-15-24(26)27/h2-17,28H,1H2. The van der Waals surface area contributed by atoms with Gasteiger partial charge in [0.25, 0.3) is 0 Å². The third-order valence-corrected chi connectivity index (χ3v) is 6.24. The van der Waals surface area contributed by atoms with E-state index in [1.807, 2.05) is 0 Å². The molecule has 1 N–H and O–H groups in total. The van der Waals surface area contributed by atoms with Gasteiger partial charge in [-0.15, -0.1) is 0 Å². The Bertz CT molecular complexity index is 1170. The van der Waals surface area contributed by atoms with Gasteiger partial charge in [0.15, 0.2) is 0 Å². The second-order valence-corrected chi connectivity index (χ2v) is 7.54. The molecule has 1 nitrogen and oxygen atoms in total. The number of para-hydroxylation sites is 2. The number of fused-ring (bicyclic) bond motifs is 8. The summed E-state index contributed by atoms with van der Waals surface area (Å²) in [5.74, 6) is 0. The van der Waals surface area contributed by atoms with E-state index < -0.39 is 0 Å². The van der Waals surface area contributed by atoms with E-state index in [-0.39, 0.29) is 5.41 Å². The van der Waals surface area contributed by atoms with Crippen molar-refractivity contribution in [3.63, 3.8) is 0 Å². The van der Waals surface area contributed by atoms with Gasteiger partial charge >= 0.3 is 0 Å². The van der Waals surface area contributed by atoms with Crippen LogP contribution in [0.5, 0.6) is 0 Å². The maximum atomic E-state index is 4.47. The van der Waals surface area contributed by atoms with Gasteiger partial charge in [-0.05, 0) is 51.1 Å². The molecular formula is C27H19N. The third kappa shape index (κ3) is 1.76. The summed E-state index contributed by atoms with van der Waals surface area (Å²) >= 11 is 0. The molecule has 0 unspecified atom stereocenters. The van der Waals surface area contributed by atoms with Crippen molar-refractivity contribution < 1.29 is 0 Å². The van der Waals surface area contributed by atoms with Crippen LogP contribution in [-0.4, -0.2) is 0 Å². The van der Waals surface area contributed by atoms with Crippen LogP contribution in [0.25, 0.3) is 5.57 Å². The van der Waals surface area contributed by atoms with Crippen molar-refractivity contribution >= 4 is 16.9 Å². The Labute approximate surface area is 165 Å². The highest BCUT2D eigenvalue weighted by molar-refractivity contribution is 5.93. The fraction of sp³-hybridized carbons (Fsp3) is 0.0370. The molecule has 1 aliphatic heterocycles. The van der Waals surface area contributed by atoms with Gasteiger partial charge in [0, 0.05) is 11.4 Å². The normalized spacial score (nSPS) is 15.1. The van der Waals surface area contributed by atoms with Gasteiger partial charge in [0.1, 0.15) is 0 Å². The molecule has 1 aliphatic carbocycles. The third-order valence-electron chi connectivity index (χ3n) is 6.24. The molecule has 0 aromatic heterocycles. The van der Waals surface area contributed by atoms with Crippen LogP contribution in [-0.2, 0) is 5.41 Å².